The second-order valence-electron chi connectivity index (χ2n) is 10.3. The molecule has 0 aliphatic carbocycles. The Balaban J connectivity index is 1.36. The summed E-state index contributed by atoms with van der Waals surface area (Å²) in [5, 5.41) is 20.2. The molecular weight excluding hydrogens is 502 g/mol. The predicted octanol–water partition coefficient (Wildman–Crippen LogP) is 3.90. The van der Waals surface area contributed by atoms with Gasteiger partial charge in [0.05, 0.1) is 12.9 Å². The highest BCUT2D eigenvalue weighted by atomic mass is 16.6. The van der Waals surface area contributed by atoms with E-state index >= 15 is 0 Å². The van der Waals surface area contributed by atoms with Crippen molar-refractivity contribution in [1.82, 2.24) is 19.5 Å². The Morgan fingerprint density at radius 1 is 1.10 bits per heavy atom. The number of H-pyrrole nitrogens is 1. The number of hydrogen-bond acceptors (Lipinski definition) is 9. The normalized spacial score (nSPS) is 21.3. The number of nitrogen functional groups attached to an aromatic ring is 1. The Bertz CT molecular complexity index is 1100. The summed E-state index contributed by atoms with van der Waals surface area (Å²) in [6.07, 6.45) is 16.9. The zero-order valence-corrected chi connectivity index (χ0v) is 23.1. The highest BCUT2D eigenvalue weighted by Crippen LogP contribution is 2.33. The van der Waals surface area contributed by atoms with E-state index in [9.17, 15) is 19.8 Å². The van der Waals surface area contributed by atoms with Gasteiger partial charge in [0.2, 0.25) is 5.95 Å². The number of unbranched alkanes of at least 4 members (excludes halogenated alkanes) is 11. The van der Waals surface area contributed by atoms with E-state index in [-0.39, 0.29) is 23.5 Å². The summed E-state index contributed by atoms with van der Waals surface area (Å²) < 4.78 is 12.7. The number of fused-ring (bicyclic) bond motifs is 1. The van der Waals surface area contributed by atoms with Crippen LogP contribution in [0.3, 0.4) is 0 Å². The van der Waals surface area contributed by atoms with Crippen LogP contribution in [-0.4, -0.2) is 60.6 Å². The molecule has 3 heterocycles. The third-order valence-corrected chi connectivity index (χ3v) is 7.13. The predicted molar refractivity (Wildman–Crippen MR) is 149 cm³/mol. The van der Waals surface area contributed by atoms with E-state index in [1.54, 1.807) is 0 Å². The third-order valence-electron chi connectivity index (χ3n) is 7.13. The number of aromatic nitrogens is 4. The van der Waals surface area contributed by atoms with Gasteiger partial charge in [0, 0.05) is 6.42 Å². The molecule has 218 valence electrons. The van der Waals surface area contributed by atoms with Gasteiger partial charge in [-0.3, -0.25) is 19.1 Å². The van der Waals surface area contributed by atoms with Crippen LogP contribution in [0.2, 0.25) is 0 Å². The summed E-state index contributed by atoms with van der Waals surface area (Å²) in [5.74, 6) is -0.567. The average Bonchev–Trinajstić information content (AvgIpc) is 3.47. The molecule has 1 aliphatic heterocycles. The fourth-order valence-corrected chi connectivity index (χ4v) is 4.90. The fourth-order valence-electron chi connectivity index (χ4n) is 4.90. The van der Waals surface area contributed by atoms with Crippen LogP contribution in [0.1, 0.15) is 103 Å². The Hall–Kier alpha value is -2.76. The summed E-state index contributed by atoms with van der Waals surface area (Å²) >= 11 is 0. The highest BCUT2D eigenvalue weighted by molar-refractivity contribution is 5.71. The zero-order valence-electron chi connectivity index (χ0n) is 23.1. The Morgan fingerprint density at radius 2 is 1.74 bits per heavy atom. The van der Waals surface area contributed by atoms with Crippen molar-refractivity contribution in [3.05, 3.63) is 28.8 Å². The molecule has 5 N–H and O–H groups in total. The Kier molecular flexibility index (Phi) is 12.9. The largest absolute Gasteiger partial charge is 0.455 e. The summed E-state index contributed by atoms with van der Waals surface area (Å²) in [4.78, 5) is 35.2. The molecule has 4 atom stereocenters. The fraction of sp³-hybridized carbons (Fsp3) is 0.714. The van der Waals surface area contributed by atoms with E-state index in [4.69, 9.17) is 15.2 Å². The second-order valence-corrected chi connectivity index (χ2v) is 10.3. The van der Waals surface area contributed by atoms with Crippen LogP contribution in [0.5, 0.6) is 0 Å². The van der Waals surface area contributed by atoms with E-state index in [1.807, 2.05) is 0 Å². The van der Waals surface area contributed by atoms with Gasteiger partial charge in [-0.1, -0.05) is 70.4 Å². The minimum atomic E-state index is -1.25. The summed E-state index contributed by atoms with van der Waals surface area (Å²) in [7, 11) is 0. The standard InChI is InChI=1S/C28H45N5O6/c1-2-3-4-5-6-7-8-9-10-11-12-13-14-15-16-17-21(35)39-24-23(36)20(18-34)38-27(24)33-19-30-22-25(33)31-28(29)32-26(22)37/h9-10,19-20,23-24,27,34,36H,2-8,11-18H2,1H3,(H3,29,31,32,37)/b10-9-/t20-,23-,24-,27-/m1/s1. The molecule has 0 saturated carbocycles. The van der Waals surface area contributed by atoms with Crippen molar-refractivity contribution in [3.8, 4) is 0 Å². The number of hydrogen-bond donors (Lipinski definition) is 4. The van der Waals surface area contributed by atoms with Crippen LogP contribution in [0.4, 0.5) is 5.95 Å². The molecule has 0 amide bonds. The molecule has 0 aromatic carbocycles. The Morgan fingerprint density at radius 3 is 2.41 bits per heavy atom. The molecule has 1 saturated heterocycles. The first-order valence-corrected chi connectivity index (χ1v) is 14.5. The minimum Gasteiger partial charge on any atom is -0.455 e. The van der Waals surface area contributed by atoms with Crippen molar-refractivity contribution in [1.29, 1.82) is 0 Å². The molecule has 0 bridgehead atoms. The number of anilines is 1. The topological polar surface area (TPSA) is 166 Å². The van der Waals surface area contributed by atoms with Gasteiger partial charge >= 0.3 is 5.97 Å². The van der Waals surface area contributed by atoms with Gasteiger partial charge in [-0.2, -0.15) is 4.98 Å². The van der Waals surface area contributed by atoms with Gasteiger partial charge in [-0.25, -0.2) is 4.98 Å². The molecule has 0 spiro atoms. The minimum absolute atomic E-state index is 0.0353. The molecule has 0 unspecified atom stereocenters. The van der Waals surface area contributed by atoms with Crippen molar-refractivity contribution >= 4 is 23.1 Å². The molecule has 1 aliphatic rings. The van der Waals surface area contributed by atoms with E-state index in [0.29, 0.717) is 6.42 Å². The monoisotopic (exact) mass is 547 g/mol. The number of imidazole rings is 1. The number of aliphatic hydroxyl groups excluding tert-OH is 2. The van der Waals surface area contributed by atoms with Crippen LogP contribution in [0.15, 0.2) is 23.3 Å². The van der Waals surface area contributed by atoms with Crippen molar-refractivity contribution < 1.29 is 24.5 Å². The smallest absolute Gasteiger partial charge is 0.306 e. The number of nitrogens with two attached hydrogens (primary N) is 1. The van der Waals surface area contributed by atoms with E-state index < -0.39 is 42.7 Å². The van der Waals surface area contributed by atoms with Crippen LogP contribution in [-0.2, 0) is 14.3 Å². The number of esters is 1. The molecule has 3 rings (SSSR count). The van der Waals surface area contributed by atoms with E-state index in [2.05, 4.69) is 34.0 Å². The summed E-state index contributed by atoms with van der Waals surface area (Å²) in [6, 6.07) is 0. The Labute approximate surface area is 229 Å². The number of carbonyl (C=O) groups excluding carboxylic acids is 1. The molecular formula is C28H45N5O6. The quantitative estimate of drug-likeness (QED) is 0.123. The van der Waals surface area contributed by atoms with Crippen molar-refractivity contribution in [2.24, 2.45) is 0 Å². The molecule has 0 radical (unpaired) electrons. The van der Waals surface area contributed by atoms with E-state index in [0.717, 1.165) is 32.1 Å². The van der Waals surface area contributed by atoms with Gasteiger partial charge in [0.25, 0.3) is 5.56 Å². The second kappa shape index (κ2) is 16.4. The maximum Gasteiger partial charge on any atom is 0.306 e. The maximum absolute atomic E-state index is 12.6. The number of ether oxygens (including phenoxy) is 2. The molecule has 1 fully saturated rings. The lowest BCUT2D eigenvalue weighted by atomic mass is 10.1. The maximum atomic E-state index is 12.6. The lowest BCUT2D eigenvalue weighted by Crippen LogP contribution is -2.37. The van der Waals surface area contributed by atoms with Crippen LogP contribution in [0.25, 0.3) is 11.2 Å². The first kappa shape index (κ1) is 30.8. The van der Waals surface area contributed by atoms with Crippen LogP contribution >= 0.6 is 0 Å². The number of rotatable bonds is 18. The highest BCUT2D eigenvalue weighted by Gasteiger charge is 2.47. The number of allylic oxidation sites excluding steroid dienone is 2. The number of aromatic amines is 1. The average molecular weight is 548 g/mol. The van der Waals surface area contributed by atoms with Gasteiger partial charge in [0.1, 0.15) is 12.2 Å². The molecule has 11 heteroatoms. The number of nitrogens with zero attached hydrogens (tertiary/aromatic N) is 3. The van der Waals surface area contributed by atoms with Gasteiger partial charge < -0.3 is 25.4 Å². The number of aliphatic hydroxyl groups is 2. The number of nitrogens with one attached hydrogen (secondary N) is 1. The lowest BCUT2D eigenvalue weighted by Gasteiger charge is -2.22. The van der Waals surface area contributed by atoms with Crippen LogP contribution < -0.4 is 11.3 Å². The molecule has 2 aromatic rings. The summed E-state index contributed by atoms with van der Waals surface area (Å²) in [5.41, 5.74) is 5.31. The van der Waals surface area contributed by atoms with Crippen molar-refractivity contribution in [2.75, 3.05) is 12.3 Å². The van der Waals surface area contributed by atoms with E-state index in [1.165, 1.54) is 55.8 Å². The first-order valence-electron chi connectivity index (χ1n) is 14.5. The number of carbonyl (C=O) groups is 1. The van der Waals surface area contributed by atoms with Gasteiger partial charge in [-0.15, -0.1) is 0 Å². The SMILES string of the molecule is CCCCCCCC/C=C\CCCCCCCC(=O)O[C@@H]1[C@H](O)[C@@H](CO)O[C@H]1n1cnc2c(=O)[nH]c(N)nc21. The van der Waals surface area contributed by atoms with Crippen molar-refractivity contribution in [2.45, 2.75) is 121 Å². The van der Waals surface area contributed by atoms with Crippen molar-refractivity contribution in [3.63, 3.8) is 0 Å². The van der Waals surface area contributed by atoms with Gasteiger partial charge in [0.15, 0.2) is 23.5 Å². The first-order chi connectivity index (χ1) is 19.0. The zero-order chi connectivity index (χ0) is 28.0. The van der Waals surface area contributed by atoms with Gasteiger partial charge in [-0.05, 0) is 32.1 Å². The molecule has 2 aromatic heterocycles. The van der Waals surface area contributed by atoms with Crippen LogP contribution in [0, 0.1) is 0 Å². The third kappa shape index (κ3) is 9.15. The lowest BCUT2D eigenvalue weighted by molar-refractivity contribution is -0.158. The summed E-state index contributed by atoms with van der Waals surface area (Å²) in [6.45, 7) is 1.77. The molecule has 39 heavy (non-hydrogen) atoms. The molecule has 11 nitrogen and oxygen atoms in total.